The van der Waals surface area contributed by atoms with Crippen LogP contribution in [0.5, 0.6) is 0 Å². The number of nitrogens with one attached hydrogen (secondary N) is 1. The van der Waals surface area contributed by atoms with Crippen LogP contribution in [0.15, 0.2) is 30.3 Å². The van der Waals surface area contributed by atoms with E-state index in [-0.39, 0.29) is 5.91 Å². The van der Waals surface area contributed by atoms with Gasteiger partial charge < -0.3 is 10.1 Å². The molecule has 0 saturated carbocycles. The summed E-state index contributed by atoms with van der Waals surface area (Å²) in [5, 5.41) is 2.86. The molecule has 4 heteroatoms. The molecule has 1 aromatic rings. The first-order valence-corrected chi connectivity index (χ1v) is 6.90. The molecule has 0 atom stereocenters. The van der Waals surface area contributed by atoms with E-state index in [0.717, 1.165) is 30.9 Å². The molecule has 3 nitrogen and oxygen atoms in total. The average molecular weight is 253 g/mol. The van der Waals surface area contributed by atoms with Crippen LogP contribution in [0.3, 0.4) is 0 Å². The second-order valence-corrected chi connectivity index (χ2v) is 4.77. The number of benzene rings is 1. The van der Waals surface area contributed by atoms with Crippen LogP contribution >= 0.6 is 11.8 Å². The van der Waals surface area contributed by atoms with Crippen LogP contribution in [0.2, 0.25) is 0 Å². The smallest absolute Gasteiger partial charge is 0.234 e. The van der Waals surface area contributed by atoms with E-state index in [1.807, 2.05) is 30.3 Å². The maximum Gasteiger partial charge on any atom is 0.234 e. The Morgan fingerprint density at radius 1 is 1.29 bits per heavy atom. The Kier molecular flexibility index (Phi) is 7.51. The summed E-state index contributed by atoms with van der Waals surface area (Å²) in [6, 6.07) is 9.53. The normalized spacial score (nSPS) is 10.2. The Hall–Kier alpha value is -1.00. The van der Waals surface area contributed by atoms with Crippen molar-refractivity contribution >= 4 is 23.4 Å². The molecule has 17 heavy (non-hydrogen) atoms. The Balaban J connectivity index is 2.06. The van der Waals surface area contributed by atoms with E-state index in [9.17, 15) is 4.79 Å². The second kappa shape index (κ2) is 9.07. The van der Waals surface area contributed by atoms with Gasteiger partial charge in [-0.1, -0.05) is 18.2 Å². The Bertz CT molecular complexity index is 316. The number of para-hydroxylation sites is 1. The second-order valence-electron chi connectivity index (χ2n) is 3.67. The summed E-state index contributed by atoms with van der Waals surface area (Å²) in [7, 11) is 1.71. The fraction of sp³-hybridized carbons (Fsp3) is 0.462. The van der Waals surface area contributed by atoms with Gasteiger partial charge in [0.15, 0.2) is 0 Å². The molecule has 1 rings (SSSR count). The molecule has 0 aliphatic carbocycles. The minimum atomic E-state index is 0.0629. The molecule has 0 spiro atoms. The fourth-order valence-corrected chi connectivity index (χ4v) is 2.14. The van der Waals surface area contributed by atoms with Crippen LogP contribution in [0, 0.1) is 0 Å². The van der Waals surface area contributed by atoms with Crippen molar-refractivity contribution in [1.29, 1.82) is 0 Å². The van der Waals surface area contributed by atoms with Gasteiger partial charge in [0, 0.05) is 19.4 Å². The number of rotatable bonds is 8. The number of anilines is 1. The molecule has 0 aromatic heterocycles. The van der Waals surface area contributed by atoms with E-state index >= 15 is 0 Å². The molecule has 1 aromatic carbocycles. The highest BCUT2D eigenvalue weighted by atomic mass is 32.2. The van der Waals surface area contributed by atoms with Crippen molar-refractivity contribution in [2.75, 3.05) is 30.5 Å². The molecule has 0 aliphatic rings. The van der Waals surface area contributed by atoms with E-state index in [2.05, 4.69) is 5.32 Å². The highest BCUT2D eigenvalue weighted by Gasteiger charge is 2.01. The zero-order chi connectivity index (χ0) is 12.3. The first kappa shape index (κ1) is 14.1. The summed E-state index contributed by atoms with van der Waals surface area (Å²) in [4.78, 5) is 11.5. The zero-order valence-electron chi connectivity index (χ0n) is 10.1. The molecular formula is C13H19NO2S. The standard InChI is InChI=1S/C13H19NO2S/c1-16-9-5-6-10-17-11-13(15)14-12-7-3-2-4-8-12/h2-4,7-8H,5-6,9-11H2,1H3,(H,14,15). The molecule has 1 amide bonds. The molecular weight excluding hydrogens is 234 g/mol. The molecule has 1 N–H and O–H groups in total. The summed E-state index contributed by atoms with van der Waals surface area (Å²) >= 11 is 1.66. The van der Waals surface area contributed by atoms with Gasteiger partial charge in [0.2, 0.25) is 5.91 Å². The van der Waals surface area contributed by atoms with Gasteiger partial charge in [-0.2, -0.15) is 11.8 Å². The lowest BCUT2D eigenvalue weighted by atomic mass is 10.3. The van der Waals surface area contributed by atoms with Crippen molar-refractivity contribution in [3.05, 3.63) is 30.3 Å². The van der Waals surface area contributed by atoms with E-state index in [4.69, 9.17) is 4.74 Å². The Labute approximate surface area is 107 Å². The van der Waals surface area contributed by atoms with Gasteiger partial charge in [-0.3, -0.25) is 4.79 Å². The Morgan fingerprint density at radius 3 is 2.76 bits per heavy atom. The number of carbonyl (C=O) groups is 1. The summed E-state index contributed by atoms with van der Waals surface area (Å²) in [5.74, 6) is 1.58. The van der Waals surface area contributed by atoms with Gasteiger partial charge in [0.05, 0.1) is 5.75 Å². The topological polar surface area (TPSA) is 38.3 Å². The van der Waals surface area contributed by atoms with Crippen molar-refractivity contribution < 1.29 is 9.53 Å². The molecule has 94 valence electrons. The van der Waals surface area contributed by atoms with E-state index in [1.54, 1.807) is 18.9 Å². The van der Waals surface area contributed by atoms with Crippen molar-refractivity contribution in [1.82, 2.24) is 0 Å². The minimum Gasteiger partial charge on any atom is -0.385 e. The van der Waals surface area contributed by atoms with Crippen molar-refractivity contribution in [2.24, 2.45) is 0 Å². The molecule has 0 saturated heterocycles. The molecule has 0 unspecified atom stereocenters. The third-order valence-electron chi connectivity index (χ3n) is 2.18. The average Bonchev–Trinajstić information content (AvgIpc) is 2.35. The van der Waals surface area contributed by atoms with E-state index < -0.39 is 0 Å². The number of thioether (sulfide) groups is 1. The third kappa shape index (κ3) is 7.02. The van der Waals surface area contributed by atoms with E-state index in [0.29, 0.717) is 5.75 Å². The van der Waals surface area contributed by atoms with Gasteiger partial charge in [0.25, 0.3) is 0 Å². The molecule has 0 bridgehead atoms. The zero-order valence-corrected chi connectivity index (χ0v) is 11.0. The highest BCUT2D eigenvalue weighted by Crippen LogP contribution is 2.08. The summed E-state index contributed by atoms with van der Waals surface area (Å²) in [5.41, 5.74) is 0.859. The van der Waals surface area contributed by atoms with Crippen molar-refractivity contribution in [3.63, 3.8) is 0 Å². The lowest BCUT2D eigenvalue weighted by Gasteiger charge is -2.04. The lowest BCUT2D eigenvalue weighted by Crippen LogP contribution is -2.14. The van der Waals surface area contributed by atoms with Crippen molar-refractivity contribution in [2.45, 2.75) is 12.8 Å². The van der Waals surface area contributed by atoms with Crippen LogP contribution < -0.4 is 5.32 Å². The van der Waals surface area contributed by atoms with Crippen LogP contribution in [-0.4, -0.2) is 31.1 Å². The SMILES string of the molecule is COCCCCSCC(=O)Nc1ccccc1. The fourth-order valence-electron chi connectivity index (χ4n) is 1.33. The quantitative estimate of drug-likeness (QED) is 0.724. The largest absolute Gasteiger partial charge is 0.385 e. The first-order valence-electron chi connectivity index (χ1n) is 5.74. The molecule has 0 heterocycles. The number of unbranched alkanes of at least 4 members (excludes halogenated alkanes) is 1. The van der Waals surface area contributed by atoms with Gasteiger partial charge in [-0.25, -0.2) is 0 Å². The summed E-state index contributed by atoms with van der Waals surface area (Å²) in [6.07, 6.45) is 2.15. The first-order chi connectivity index (χ1) is 8.33. The van der Waals surface area contributed by atoms with Crippen molar-refractivity contribution in [3.8, 4) is 0 Å². The maximum atomic E-state index is 11.5. The summed E-state index contributed by atoms with van der Waals surface area (Å²) in [6.45, 7) is 0.802. The van der Waals surface area contributed by atoms with Gasteiger partial charge in [0.1, 0.15) is 0 Å². The lowest BCUT2D eigenvalue weighted by molar-refractivity contribution is -0.113. The Morgan fingerprint density at radius 2 is 2.06 bits per heavy atom. The molecule has 0 radical (unpaired) electrons. The monoisotopic (exact) mass is 253 g/mol. The maximum absolute atomic E-state index is 11.5. The predicted molar refractivity (Wildman–Crippen MR) is 73.5 cm³/mol. The van der Waals surface area contributed by atoms with Gasteiger partial charge in [-0.05, 0) is 30.7 Å². The minimum absolute atomic E-state index is 0.0629. The van der Waals surface area contributed by atoms with Crippen LogP contribution in [0.1, 0.15) is 12.8 Å². The summed E-state index contributed by atoms with van der Waals surface area (Å²) < 4.78 is 4.96. The number of hydrogen-bond donors (Lipinski definition) is 1. The van der Waals surface area contributed by atoms with Crippen LogP contribution in [0.25, 0.3) is 0 Å². The predicted octanol–water partition coefficient (Wildman–Crippen LogP) is 2.78. The van der Waals surface area contributed by atoms with Gasteiger partial charge >= 0.3 is 0 Å². The third-order valence-corrected chi connectivity index (χ3v) is 3.22. The molecule has 0 fully saturated rings. The number of ether oxygens (including phenoxy) is 1. The van der Waals surface area contributed by atoms with E-state index in [1.165, 1.54) is 0 Å². The van der Waals surface area contributed by atoms with Gasteiger partial charge in [-0.15, -0.1) is 0 Å². The highest BCUT2D eigenvalue weighted by molar-refractivity contribution is 7.99. The van der Waals surface area contributed by atoms with Crippen LogP contribution in [0.4, 0.5) is 5.69 Å². The van der Waals surface area contributed by atoms with Crippen LogP contribution in [-0.2, 0) is 9.53 Å². The number of methoxy groups -OCH3 is 1. The number of hydrogen-bond acceptors (Lipinski definition) is 3. The molecule has 0 aliphatic heterocycles. The number of amides is 1. The number of carbonyl (C=O) groups excluding carboxylic acids is 1.